The van der Waals surface area contributed by atoms with Gasteiger partial charge in [0.2, 0.25) is 0 Å². The highest BCUT2D eigenvalue weighted by molar-refractivity contribution is 4.89. The van der Waals surface area contributed by atoms with Crippen LogP contribution in [0.4, 0.5) is 0 Å². The van der Waals surface area contributed by atoms with Crippen molar-refractivity contribution >= 4 is 0 Å². The second kappa shape index (κ2) is 3.30. The van der Waals surface area contributed by atoms with Crippen molar-refractivity contribution in [3.63, 3.8) is 0 Å². The molecular formula is C6H13NO3. The molecule has 4 heteroatoms. The Morgan fingerprint density at radius 1 is 1.40 bits per heavy atom. The van der Waals surface area contributed by atoms with Crippen molar-refractivity contribution in [2.75, 3.05) is 13.2 Å². The van der Waals surface area contributed by atoms with Crippen molar-refractivity contribution in [1.82, 2.24) is 5.32 Å². The summed E-state index contributed by atoms with van der Waals surface area (Å²) in [5.41, 5.74) is 0. The molecule has 0 aromatic carbocycles. The maximum absolute atomic E-state index is 9.16. The van der Waals surface area contributed by atoms with E-state index in [1.54, 1.807) is 0 Å². The van der Waals surface area contributed by atoms with Gasteiger partial charge in [-0.1, -0.05) is 0 Å². The van der Waals surface area contributed by atoms with Crippen LogP contribution in [0.1, 0.15) is 6.42 Å². The molecular weight excluding hydrogens is 134 g/mol. The maximum Gasteiger partial charge on any atom is 0.0964 e. The van der Waals surface area contributed by atoms with Crippen molar-refractivity contribution in [3.05, 3.63) is 0 Å². The Morgan fingerprint density at radius 2 is 2.10 bits per heavy atom. The molecule has 0 unspecified atom stereocenters. The summed E-state index contributed by atoms with van der Waals surface area (Å²) in [7, 11) is 0. The molecule has 0 aromatic rings. The Hall–Kier alpha value is -0.160. The van der Waals surface area contributed by atoms with E-state index >= 15 is 0 Å². The molecule has 60 valence electrons. The molecule has 1 fully saturated rings. The minimum Gasteiger partial charge on any atom is -0.396 e. The van der Waals surface area contributed by atoms with E-state index < -0.39 is 12.2 Å². The van der Waals surface area contributed by atoms with Gasteiger partial charge in [-0.15, -0.1) is 0 Å². The summed E-state index contributed by atoms with van der Waals surface area (Å²) < 4.78 is 0. The summed E-state index contributed by atoms with van der Waals surface area (Å²) in [6.45, 7) is 0.466. The first-order chi connectivity index (χ1) is 4.75. The molecule has 1 saturated heterocycles. The molecule has 3 atom stereocenters. The molecule has 0 aromatic heterocycles. The van der Waals surface area contributed by atoms with Gasteiger partial charge in [0.1, 0.15) is 0 Å². The SMILES string of the molecule is OCC[C@H]1NC[C@@H](O)[C@@H]1O. The smallest absolute Gasteiger partial charge is 0.0964 e. The summed E-state index contributed by atoms with van der Waals surface area (Å²) in [5, 5.41) is 29.6. The van der Waals surface area contributed by atoms with Gasteiger partial charge >= 0.3 is 0 Å². The quantitative estimate of drug-likeness (QED) is 0.367. The van der Waals surface area contributed by atoms with Crippen molar-refractivity contribution in [2.45, 2.75) is 24.7 Å². The highest BCUT2D eigenvalue weighted by Gasteiger charge is 2.31. The largest absolute Gasteiger partial charge is 0.396 e. The van der Waals surface area contributed by atoms with Gasteiger partial charge in [-0.05, 0) is 6.42 Å². The maximum atomic E-state index is 9.16. The van der Waals surface area contributed by atoms with Crippen LogP contribution in [0.25, 0.3) is 0 Å². The van der Waals surface area contributed by atoms with E-state index in [0.717, 1.165) is 0 Å². The third kappa shape index (κ3) is 1.46. The fraction of sp³-hybridized carbons (Fsp3) is 1.00. The lowest BCUT2D eigenvalue weighted by Gasteiger charge is -2.13. The lowest BCUT2D eigenvalue weighted by atomic mass is 10.1. The molecule has 4 N–H and O–H groups in total. The van der Waals surface area contributed by atoms with Crippen molar-refractivity contribution in [2.24, 2.45) is 0 Å². The van der Waals surface area contributed by atoms with Crippen LogP contribution in [0.15, 0.2) is 0 Å². The second-order valence-corrected chi connectivity index (χ2v) is 2.58. The fourth-order valence-corrected chi connectivity index (χ4v) is 1.19. The van der Waals surface area contributed by atoms with Crippen molar-refractivity contribution < 1.29 is 15.3 Å². The first-order valence-electron chi connectivity index (χ1n) is 3.46. The number of β-amino-alcohol motifs (C(OH)–C–C–N with tert-alkyl or cyclic N) is 1. The van der Waals surface area contributed by atoms with E-state index in [2.05, 4.69) is 5.32 Å². The molecule has 0 amide bonds. The van der Waals surface area contributed by atoms with Crippen molar-refractivity contribution in [3.8, 4) is 0 Å². The Balaban J connectivity index is 2.33. The lowest BCUT2D eigenvalue weighted by molar-refractivity contribution is 0.0363. The summed E-state index contributed by atoms with van der Waals surface area (Å²) in [6, 6.07) is -0.139. The number of nitrogens with one attached hydrogen (secondary N) is 1. The van der Waals surface area contributed by atoms with Crippen LogP contribution >= 0.6 is 0 Å². The van der Waals surface area contributed by atoms with Crippen LogP contribution in [0.5, 0.6) is 0 Å². The molecule has 1 aliphatic rings. The van der Waals surface area contributed by atoms with Gasteiger partial charge < -0.3 is 20.6 Å². The van der Waals surface area contributed by atoms with Gasteiger partial charge in [0.25, 0.3) is 0 Å². The first-order valence-corrected chi connectivity index (χ1v) is 3.46. The van der Waals surface area contributed by atoms with Gasteiger partial charge in [-0.2, -0.15) is 0 Å². The van der Waals surface area contributed by atoms with Crippen LogP contribution < -0.4 is 5.32 Å². The van der Waals surface area contributed by atoms with Crippen molar-refractivity contribution in [1.29, 1.82) is 0 Å². The first kappa shape index (κ1) is 7.94. The lowest BCUT2D eigenvalue weighted by Crippen LogP contribution is -2.33. The minimum absolute atomic E-state index is 0.0431. The second-order valence-electron chi connectivity index (χ2n) is 2.58. The molecule has 0 bridgehead atoms. The van der Waals surface area contributed by atoms with Crippen LogP contribution in [-0.2, 0) is 0 Å². The Labute approximate surface area is 59.5 Å². The predicted octanol–water partition coefficient (Wildman–Crippen LogP) is -1.94. The molecule has 0 aliphatic carbocycles. The Morgan fingerprint density at radius 3 is 2.50 bits per heavy atom. The highest BCUT2D eigenvalue weighted by atomic mass is 16.3. The molecule has 0 saturated carbocycles. The van der Waals surface area contributed by atoms with E-state index in [9.17, 15) is 0 Å². The average molecular weight is 147 g/mol. The van der Waals surface area contributed by atoms with E-state index in [1.165, 1.54) is 0 Å². The van der Waals surface area contributed by atoms with Crippen LogP contribution in [-0.4, -0.2) is 46.7 Å². The zero-order chi connectivity index (χ0) is 7.56. The third-order valence-corrected chi connectivity index (χ3v) is 1.84. The normalized spacial score (nSPS) is 40.5. The fourth-order valence-electron chi connectivity index (χ4n) is 1.19. The van der Waals surface area contributed by atoms with Gasteiger partial charge in [0.05, 0.1) is 12.2 Å². The van der Waals surface area contributed by atoms with Crippen LogP contribution in [0.3, 0.4) is 0 Å². The zero-order valence-corrected chi connectivity index (χ0v) is 5.70. The van der Waals surface area contributed by atoms with Gasteiger partial charge in [-0.3, -0.25) is 0 Å². The number of aliphatic hydroxyl groups is 3. The Bertz CT molecular complexity index is 107. The topological polar surface area (TPSA) is 72.7 Å². The summed E-state index contributed by atoms with van der Waals surface area (Å²) >= 11 is 0. The standard InChI is InChI=1S/C6H13NO3/c8-2-1-4-6(10)5(9)3-7-4/h4-10H,1-3H2/t4-,5-,6-/m1/s1. The number of hydrogen-bond acceptors (Lipinski definition) is 4. The number of hydrogen-bond donors (Lipinski definition) is 4. The summed E-state index contributed by atoms with van der Waals surface area (Å²) in [4.78, 5) is 0. The molecule has 4 nitrogen and oxygen atoms in total. The molecule has 0 radical (unpaired) electrons. The molecule has 1 rings (SSSR count). The summed E-state index contributed by atoms with van der Waals surface area (Å²) in [5.74, 6) is 0. The average Bonchev–Trinajstić information content (AvgIpc) is 2.20. The van der Waals surface area contributed by atoms with Gasteiger partial charge in [0, 0.05) is 19.2 Å². The van der Waals surface area contributed by atoms with Crippen LogP contribution in [0, 0.1) is 0 Å². The third-order valence-electron chi connectivity index (χ3n) is 1.84. The number of rotatable bonds is 2. The predicted molar refractivity (Wildman–Crippen MR) is 35.5 cm³/mol. The van der Waals surface area contributed by atoms with Gasteiger partial charge in [-0.25, -0.2) is 0 Å². The van der Waals surface area contributed by atoms with Gasteiger partial charge in [0.15, 0.2) is 0 Å². The van der Waals surface area contributed by atoms with E-state index in [-0.39, 0.29) is 12.6 Å². The molecule has 10 heavy (non-hydrogen) atoms. The molecule has 1 heterocycles. The van der Waals surface area contributed by atoms with Crippen LogP contribution in [0.2, 0.25) is 0 Å². The summed E-state index contributed by atoms with van der Waals surface area (Å²) in [6.07, 6.45) is -0.887. The van der Waals surface area contributed by atoms with E-state index in [1.807, 2.05) is 0 Å². The minimum atomic E-state index is -0.716. The van der Waals surface area contributed by atoms with E-state index in [0.29, 0.717) is 13.0 Å². The molecule has 1 aliphatic heterocycles. The number of aliphatic hydroxyl groups excluding tert-OH is 3. The Kier molecular flexibility index (Phi) is 2.62. The zero-order valence-electron chi connectivity index (χ0n) is 5.70. The van der Waals surface area contributed by atoms with E-state index in [4.69, 9.17) is 15.3 Å². The monoisotopic (exact) mass is 147 g/mol. The molecule has 0 spiro atoms. The highest BCUT2D eigenvalue weighted by Crippen LogP contribution is 2.09.